The molecule has 0 radical (unpaired) electrons. The summed E-state index contributed by atoms with van der Waals surface area (Å²) in [6.45, 7) is -0.324. The SMILES string of the molecule is O.O[CH-][C@@H](O)[C@@H](O)[C@H](O)CO.[Zn]. The predicted molar refractivity (Wildman–Crippen MR) is 35.0 cm³/mol. The quantitative estimate of drug-likeness (QED) is 0.258. The van der Waals surface area contributed by atoms with Crippen LogP contribution in [0.5, 0.6) is 0 Å². The molecule has 0 spiro atoms. The van der Waals surface area contributed by atoms with Gasteiger partial charge in [0.1, 0.15) is 6.10 Å². The first-order valence-corrected chi connectivity index (χ1v) is 2.76. The summed E-state index contributed by atoms with van der Waals surface area (Å²) < 4.78 is 0. The van der Waals surface area contributed by atoms with Gasteiger partial charge in [0.15, 0.2) is 0 Å². The number of rotatable bonds is 4. The number of hydrogen-bond acceptors (Lipinski definition) is 5. The van der Waals surface area contributed by atoms with Gasteiger partial charge < -0.3 is 31.0 Å². The third-order valence-corrected chi connectivity index (χ3v) is 1.08. The Balaban J connectivity index is -0.000000405. The normalized spacial score (nSPS) is 16.8. The zero-order chi connectivity index (χ0) is 8.15. The Morgan fingerprint density at radius 2 is 1.58 bits per heavy atom. The molecule has 6 nitrogen and oxygen atoms in total. The van der Waals surface area contributed by atoms with Crippen LogP contribution >= 0.6 is 0 Å². The van der Waals surface area contributed by atoms with Gasteiger partial charge in [-0.05, 0) is 6.10 Å². The van der Waals surface area contributed by atoms with Crippen molar-refractivity contribution in [1.29, 1.82) is 0 Å². The molecule has 0 saturated heterocycles. The van der Waals surface area contributed by atoms with E-state index in [4.69, 9.17) is 25.5 Å². The molecule has 0 aromatic heterocycles. The Morgan fingerprint density at radius 3 is 1.83 bits per heavy atom. The Hall–Kier alpha value is 0.383. The molecule has 12 heavy (non-hydrogen) atoms. The Bertz CT molecular complexity index is 82.0. The van der Waals surface area contributed by atoms with Crippen LogP contribution in [0.25, 0.3) is 0 Å². The summed E-state index contributed by atoms with van der Waals surface area (Å²) in [5, 5.41) is 42.3. The van der Waals surface area contributed by atoms with Crippen molar-refractivity contribution >= 4 is 0 Å². The number of hydrogen-bond donors (Lipinski definition) is 5. The van der Waals surface area contributed by atoms with E-state index < -0.39 is 24.9 Å². The van der Waals surface area contributed by atoms with Crippen molar-refractivity contribution in [2.45, 2.75) is 18.3 Å². The van der Waals surface area contributed by atoms with Gasteiger partial charge in [-0.2, -0.15) is 6.61 Å². The molecule has 0 aliphatic rings. The van der Waals surface area contributed by atoms with E-state index in [9.17, 15) is 0 Å². The minimum atomic E-state index is -1.55. The fourth-order valence-corrected chi connectivity index (χ4v) is 0.424. The maximum atomic E-state index is 8.73. The van der Waals surface area contributed by atoms with Crippen LogP contribution in [-0.4, -0.2) is 55.9 Å². The molecule has 0 rings (SSSR count). The van der Waals surface area contributed by atoms with E-state index in [0.717, 1.165) is 0 Å². The second kappa shape index (κ2) is 9.47. The summed E-state index contributed by atoms with van der Waals surface area (Å²) in [4.78, 5) is 0. The molecule has 0 heterocycles. The third-order valence-electron chi connectivity index (χ3n) is 1.08. The summed E-state index contributed by atoms with van der Waals surface area (Å²) in [6.07, 6.45) is -4.50. The van der Waals surface area contributed by atoms with Crippen molar-refractivity contribution in [1.82, 2.24) is 0 Å². The molecule has 72 valence electrons. The second-order valence-electron chi connectivity index (χ2n) is 1.88. The van der Waals surface area contributed by atoms with E-state index in [2.05, 4.69) is 0 Å². The van der Waals surface area contributed by atoms with Crippen LogP contribution in [0.3, 0.4) is 0 Å². The van der Waals surface area contributed by atoms with Gasteiger partial charge >= 0.3 is 0 Å². The van der Waals surface area contributed by atoms with Crippen LogP contribution in [0.15, 0.2) is 0 Å². The third kappa shape index (κ3) is 5.96. The van der Waals surface area contributed by atoms with Gasteiger partial charge in [-0.25, -0.2) is 0 Å². The van der Waals surface area contributed by atoms with E-state index in [1.165, 1.54) is 0 Å². The zero-order valence-corrected chi connectivity index (χ0v) is 9.43. The summed E-state index contributed by atoms with van der Waals surface area (Å²) in [6, 6.07) is 0. The molecule has 3 atom stereocenters. The van der Waals surface area contributed by atoms with Crippen molar-refractivity contribution in [3.05, 3.63) is 6.61 Å². The second-order valence-corrected chi connectivity index (χ2v) is 1.88. The standard InChI is InChI=1S/C5H11O5.H2O.Zn/c6-1-3(8)5(10)4(9)2-7;;/h1,3-10H,2H2;1H2;/q-1;;/t3-,4-,5-;;/m1../s1. The van der Waals surface area contributed by atoms with E-state index >= 15 is 0 Å². The average molecular weight is 235 g/mol. The van der Waals surface area contributed by atoms with E-state index in [0.29, 0.717) is 6.61 Å². The first kappa shape index (κ1) is 18.2. The molecule has 0 aromatic carbocycles. The van der Waals surface area contributed by atoms with Crippen LogP contribution in [0.4, 0.5) is 0 Å². The van der Waals surface area contributed by atoms with E-state index in [1.54, 1.807) is 0 Å². The van der Waals surface area contributed by atoms with E-state index in [-0.39, 0.29) is 25.0 Å². The monoisotopic (exact) mass is 233 g/mol. The smallest absolute Gasteiger partial charge is 0.103 e. The fourth-order valence-electron chi connectivity index (χ4n) is 0.424. The Morgan fingerprint density at radius 1 is 1.17 bits per heavy atom. The largest absolute Gasteiger partial charge is 0.563 e. The molecule has 0 aliphatic heterocycles. The van der Waals surface area contributed by atoms with Gasteiger partial charge in [0.05, 0.1) is 12.7 Å². The van der Waals surface area contributed by atoms with Gasteiger partial charge in [-0.3, -0.25) is 0 Å². The van der Waals surface area contributed by atoms with Gasteiger partial charge in [-0.1, -0.05) is 0 Å². The fraction of sp³-hybridized carbons (Fsp3) is 0.800. The maximum absolute atomic E-state index is 8.73. The first-order chi connectivity index (χ1) is 4.63. The molecule has 7 N–H and O–H groups in total. The van der Waals surface area contributed by atoms with Crippen molar-refractivity contribution in [3.63, 3.8) is 0 Å². The molecule has 7 heteroatoms. The summed E-state index contributed by atoms with van der Waals surface area (Å²) in [7, 11) is 0. The van der Waals surface area contributed by atoms with Crippen LogP contribution in [0.1, 0.15) is 0 Å². The minimum Gasteiger partial charge on any atom is -0.563 e. The van der Waals surface area contributed by atoms with Gasteiger partial charge in [0, 0.05) is 19.5 Å². The van der Waals surface area contributed by atoms with Crippen molar-refractivity contribution in [2.24, 2.45) is 0 Å². The Labute approximate surface area is 82.5 Å². The molecule has 0 aliphatic carbocycles. The molecular formula is C5H13O6Zn-. The molecule has 0 amide bonds. The molecular weight excluding hydrogens is 221 g/mol. The Kier molecular flexibility index (Phi) is 14.4. The molecule has 0 fully saturated rings. The minimum absolute atomic E-state index is 0. The van der Waals surface area contributed by atoms with Crippen LogP contribution in [0, 0.1) is 6.61 Å². The first-order valence-electron chi connectivity index (χ1n) is 2.76. The molecule has 0 aromatic rings. The van der Waals surface area contributed by atoms with Gasteiger partial charge in [-0.15, -0.1) is 0 Å². The average Bonchev–Trinajstić information content (AvgIpc) is 2.00. The predicted octanol–water partition coefficient (Wildman–Crippen LogP) is -3.23. The molecule has 0 saturated carbocycles. The van der Waals surface area contributed by atoms with Crippen molar-refractivity contribution in [3.8, 4) is 0 Å². The van der Waals surface area contributed by atoms with Crippen molar-refractivity contribution < 1.29 is 50.5 Å². The van der Waals surface area contributed by atoms with E-state index in [1.807, 2.05) is 0 Å². The topological polar surface area (TPSA) is 133 Å². The van der Waals surface area contributed by atoms with Crippen LogP contribution in [-0.2, 0) is 19.5 Å². The van der Waals surface area contributed by atoms with Crippen LogP contribution in [0.2, 0.25) is 0 Å². The summed E-state index contributed by atoms with van der Waals surface area (Å²) >= 11 is 0. The van der Waals surface area contributed by atoms with Crippen LogP contribution < -0.4 is 0 Å². The summed E-state index contributed by atoms with van der Waals surface area (Å²) in [5.41, 5.74) is 0. The van der Waals surface area contributed by atoms with Gasteiger partial charge in [0.25, 0.3) is 0 Å². The zero-order valence-electron chi connectivity index (χ0n) is 6.46. The number of aliphatic hydroxyl groups excluding tert-OH is 5. The number of aliphatic hydroxyl groups is 5. The van der Waals surface area contributed by atoms with Gasteiger partial charge in [0.2, 0.25) is 0 Å². The maximum Gasteiger partial charge on any atom is 0.103 e. The van der Waals surface area contributed by atoms with Crippen molar-refractivity contribution in [2.75, 3.05) is 6.61 Å². The summed E-state index contributed by atoms with van der Waals surface area (Å²) in [5.74, 6) is 0. The molecule has 0 bridgehead atoms. The molecule has 0 unspecified atom stereocenters.